The molecule has 4 nitrogen and oxygen atoms in total. The van der Waals surface area contributed by atoms with Gasteiger partial charge in [0.15, 0.2) is 0 Å². The minimum atomic E-state index is -0.585. The topological polar surface area (TPSA) is 52.6 Å². The summed E-state index contributed by atoms with van der Waals surface area (Å²) in [5, 5.41) is 12.6. The molecule has 1 fully saturated rings. The smallest absolute Gasteiger partial charge is 0.251 e. The van der Waals surface area contributed by atoms with Gasteiger partial charge in [0.05, 0.1) is 6.10 Å². The van der Waals surface area contributed by atoms with Gasteiger partial charge in [-0.15, -0.1) is 0 Å². The Morgan fingerprint density at radius 1 is 1.24 bits per heavy atom. The number of likely N-dealkylation sites (tertiary alicyclic amines) is 1. The lowest BCUT2D eigenvalue weighted by Crippen LogP contribution is -2.25. The van der Waals surface area contributed by atoms with E-state index < -0.39 is 17.7 Å². The molecule has 25 heavy (non-hydrogen) atoms. The van der Waals surface area contributed by atoms with E-state index in [-0.39, 0.29) is 17.5 Å². The number of β-amino-alcohol motifs (C(OH)–C–C–N with tert-alkyl or cyclic N) is 1. The van der Waals surface area contributed by atoms with Crippen LogP contribution in [0.5, 0.6) is 0 Å². The number of rotatable bonds is 4. The number of carbonyl (C=O) groups is 1. The summed E-state index contributed by atoms with van der Waals surface area (Å²) in [6.45, 7) is 0.865. The molecule has 2 N–H and O–H groups in total. The molecule has 1 aliphatic heterocycles. The molecule has 0 bridgehead atoms. The van der Waals surface area contributed by atoms with Crippen LogP contribution in [-0.2, 0) is 6.54 Å². The van der Waals surface area contributed by atoms with Crippen LogP contribution in [0.3, 0.4) is 0 Å². The van der Waals surface area contributed by atoms with Crippen molar-refractivity contribution in [1.29, 1.82) is 0 Å². The summed E-state index contributed by atoms with van der Waals surface area (Å²) in [6.07, 6.45) is -0.228. The Balaban J connectivity index is 1.80. The number of carbonyl (C=O) groups excluding carboxylic acids is 1. The zero-order valence-electron chi connectivity index (χ0n) is 13.9. The van der Waals surface area contributed by atoms with Gasteiger partial charge in [0.2, 0.25) is 0 Å². The van der Waals surface area contributed by atoms with Crippen LogP contribution < -0.4 is 5.32 Å². The van der Waals surface area contributed by atoms with Gasteiger partial charge in [-0.1, -0.05) is 12.1 Å². The quantitative estimate of drug-likeness (QED) is 0.895. The number of hydrogen-bond acceptors (Lipinski definition) is 3. The Morgan fingerprint density at radius 2 is 1.96 bits per heavy atom. The molecular formula is C19H20F2N2O2. The Morgan fingerprint density at radius 3 is 2.64 bits per heavy atom. The highest BCUT2D eigenvalue weighted by Crippen LogP contribution is 2.35. The van der Waals surface area contributed by atoms with Gasteiger partial charge >= 0.3 is 0 Å². The average Bonchev–Trinajstić information content (AvgIpc) is 2.97. The van der Waals surface area contributed by atoms with Crippen molar-refractivity contribution >= 4 is 5.91 Å². The zero-order chi connectivity index (χ0) is 18.0. The second-order valence-corrected chi connectivity index (χ2v) is 6.28. The average molecular weight is 346 g/mol. The molecule has 3 rings (SSSR count). The lowest BCUT2D eigenvalue weighted by atomic mass is 10.0. The first kappa shape index (κ1) is 17.5. The summed E-state index contributed by atoms with van der Waals surface area (Å²) in [5.74, 6) is -1.13. The summed E-state index contributed by atoms with van der Waals surface area (Å²) in [6, 6.07) is 10.1. The summed E-state index contributed by atoms with van der Waals surface area (Å²) in [5.41, 5.74) is 1.75. The number of halogens is 2. The van der Waals surface area contributed by atoms with E-state index in [0.717, 1.165) is 17.7 Å². The van der Waals surface area contributed by atoms with Crippen molar-refractivity contribution in [3.8, 4) is 0 Å². The minimum absolute atomic E-state index is 0.164. The summed E-state index contributed by atoms with van der Waals surface area (Å²) in [4.78, 5) is 13.5. The Hall–Kier alpha value is -2.31. The molecule has 2 aromatic rings. The SMILES string of the molecule is CNC(=O)c1ccc(CN2C[C@@H](O)C[C@H]2c2cc(F)ccc2F)cc1. The molecule has 6 heteroatoms. The number of nitrogens with one attached hydrogen (secondary N) is 1. The molecule has 1 saturated heterocycles. The molecule has 0 spiro atoms. The fraction of sp³-hybridized carbons (Fsp3) is 0.316. The van der Waals surface area contributed by atoms with Gasteiger partial charge in [-0.05, 0) is 42.3 Å². The predicted octanol–water partition coefficient (Wildman–Crippen LogP) is 2.63. The van der Waals surface area contributed by atoms with E-state index >= 15 is 0 Å². The third kappa shape index (κ3) is 3.86. The standard InChI is InChI=1S/C19H20F2N2O2/c1-22-19(25)13-4-2-12(3-5-13)10-23-11-15(24)9-18(23)16-8-14(20)6-7-17(16)21/h2-8,15,18,24H,9-11H2,1H3,(H,22,25)/t15-,18-/m0/s1. The second-order valence-electron chi connectivity index (χ2n) is 6.28. The van der Waals surface area contributed by atoms with Crippen LogP contribution in [0.1, 0.15) is 33.9 Å². The molecule has 2 atom stereocenters. The number of amides is 1. The van der Waals surface area contributed by atoms with E-state index in [0.29, 0.717) is 25.1 Å². The van der Waals surface area contributed by atoms with Gasteiger partial charge in [-0.2, -0.15) is 0 Å². The van der Waals surface area contributed by atoms with Gasteiger partial charge in [-0.3, -0.25) is 9.69 Å². The van der Waals surface area contributed by atoms with E-state index in [1.807, 2.05) is 17.0 Å². The molecule has 1 amide bonds. The molecule has 0 radical (unpaired) electrons. The number of hydrogen-bond donors (Lipinski definition) is 2. The van der Waals surface area contributed by atoms with Crippen LogP contribution in [0.25, 0.3) is 0 Å². The largest absolute Gasteiger partial charge is 0.392 e. The molecule has 2 aromatic carbocycles. The Kier molecular flexibility index (Phi) is 5.11. The van der Waals surface area contributed by atoms with Crippen LogP contribution in [0.2, 0.25) is 0 Å². The molecule has 1 heterocycles. The number of nitrogens with zero attached hydrogens (tertiary/aromatic N) is 1. The maximum Gasteiger partial charge on any atom is 0.251 e. The summed E-state index contributed by atoms with van der Waals surface area (Å²) >= 11 is 0. The molecular weight excluding hydrogens is 326 g/mol. The first-order chi connectivity index (χ1) is 12.0. The normalized spacial score (nSPS) is 20.6. The third-order valence-electron chi connectivity index (χ3n) is 4.53. The van der Waals surface area contributed by atoms with Crippen molar-refractivity contribution in [2.24, 2.45) is 0 Å². The molecule has 0 aromatic heterocycles. The minimum Gasteiger partial charge on any atom is -0.392 e. The summed E-state index contributed by atoms with van der Waals surface area (Å²) in [7, 11) is 1.57. The van der Waals surface area contributed by atoms with Gasteiger partial charge in [0.25, 0.3) is 5.91 Å². The fourth-order valence-corrected chi connectivity index (χ4v) is 3.29. The van der Waals surface area contributed by atoms with Crippen LogP contribution in [0.15, 0.2) is 42.5 Å². The molecule has 0 aliphatic carbocycles. The Labute approximate surface area is 145 Å². The summed E-state index contributed by atoms with van der Waals surface area (Å²) < 4.78 is 27.6. The molecule has 132 valence electrons. The maximum absolute atomic E-state index is 14.1. The van der Waals surface area contributed by atoms with Crippen LogP contribution in [0, 0.1) is 11.6 Å². The van der Waals surface area contributed by atoms with Gasteiger partial charge in [-0.25, -0.2) is 8.78 Å². The lowest BCUT2D eigenvalue weighted by molar-refractivity contribution is 0.0963. The van der Waals surface area contributed by atoms with Gasteiger partial charge < -0.3 is 10.4 Å². The van der Waals surface area contributed by atoms with Crippen molar-refractivity contribution in [3.63, 3.8) is 0 Å². The highest BCUT2D eigenvalue weighted by Gasteiger charge is 2.33. The highest BCUT2D eigenvalue weighted by molar-refractivity contribution is 5.93. The van der Waals surface area contributed by atoms with Crippen molar-refractivity contribution in [1.82, 2.24) is 10.2 Å². The van der Waals surface area contributed by atoms with E-state index in [1.54, 1.807) is 19.2 Å². The van der Waals surface area contributed by atoms with E-state index in [1.165, 1.54) is 6.07 Å². The van der Waals surface area contributed by atoms with E-state index in [9.17, 15) is 18.7 Å². The van der Waals surface area contributed by atoms with Crippen molar-refractivity contribution in [3.05, 3.63) is 70.8 Å². The maximum atomic E-state index is 14.1. The second kappa shape index (κ2) is 7.29. The third-order valence-corrected chi connectivity index (χ3v) is 4.53. The fourth-order valence-electron chi connectivity index (χ4n) is 3.29. The number of aliphatic hydroxyl groups excluding tert-OH is 1. The van der Waals surface area contributed by atoms with Crippen LogP contribution in [-0.4, -0.2) is 35.6 Å². The van der Waals surface area contributed by atoms with Crippen LogP contribution in [0.4, 0.5) is 8.78 Å². The number of benzene rings is 2. The first-order valence-electron chi connectivity index (χ1n) is 8.16. The predicted molar refractivity (Wildman–Crippen MR) is 90.0 cm³/mol. The van der Waals surface area contributed by atoms with Gasteiger partial charge in [0, 0.05) is 37.3 Å². The van der Waals surface area contributed by atoms with Crippen molar-refractivity contribution in [2.45, 2.75) is 25.1 Å². The number of aliphatic hydroxyl groups is 1. The molecule has 1 aliphatic rings. The zero-order valence-corrected chi connectivity index (χ0v) is 13.9. The highest BCUT2D eigenvalue weighted by atomic mass is 19.1. The van der Waals surface area contributed by atoms with Gasteiger partial charge in [0.1, 0.15) is 11.6 Å². The van der Waals surface area contributed by atoms with E-state index in [4.69, 9.17) is 0 Å². The molecule has 0 saturated carbocycles. The van der Waals surface area contributed by atoms with E-state index in [2.05, 4.69) is 5.32 Å². The van der Waals surface area contributed by atoms with Crippen molar-refractivity contribution < 1.29 is 18.7 Å². The van der Waals surface area contributed by atoms with Crippen LogP contribution >= 0.6 is 0 Å². The first-order valence-corrected chi connectivity index (χ1v) is 8.16. The lowest BCUT2D eigenvalue weighted by Gasteiger charge is -2.25. The Bertz CT molecular complexity index is 765. The van der Waals surface area contributed by atoms with Crippen molar-refractivity contribution in [2.75, 3.05) is 13.6 Å². The molecule has 0 unspecified atom stereocenters. The monoisotopic (exact) mass is 346 g/mol.